The minimum atomic E-state index is -4.57. The zero-order valence-corrected chi connectivity index (χ0v) is 67.6. The molecule has 12 amide bonds. The summed E-state index contributed by atoms with van der Waals surface area (Å²) in [5.41, 5.74) is -2.29. The number of fused-ring (bicyclic) bond motifs is 3. The fourth-order valence-electron chi connectivity index (χ4n) is 17.9. The number of methoxy groups -OCH3 is 1. The van der Waals surface area contributed by atoms with Gasteiger partial charge in [0, 0.05) is 89.6 Å². The van der Waals surface area contributed by atoms with Gasteiger partial charge in [-0.25, -0.2) is 0 Å². The van der Waals surface area contributed by atoms with Gasteiger partial charge >= 0.3 is 12.4 Å². The number of rotatable bonds is 16. The maximum absolute atomic E-state index is 15.8. The predicted octanol–water partition coefficient (Wildman–Crippen LogP) is 6.72. The van der Waals surface area contributed by atoms with Gasteiger partial charge in [-0.3, -0.25) is 57.5 Å². The van der Waals surface area contributed by atoms with Crippen LogP contribution in [0.4, 0.5) is 26.3 Å². The van der Waals surface area contributed by atoms with Crippen LogP contribution in [-0.2, 0) is 67.0 Å². The van der Waals surface area contributed by atoms with Crippen molar-refractivity contribution in [1.82, 2.24) is 60.0 Å². The fourth-order valence-corrected chi connectivity index (χ4v) is 17.9. The summed E-state index contributed by atoms with van der Waals surface area (Å²) >= 11 is 0. The van der Waals surface area contributed by atoms with Crippen LogP contribution in [-0.4, -0.2) is 290 Å². The quantitative estimate of drug-likeness (QED) is 0.107. The Morgan fingerprint density at radius 1 is 0.627 bits per heavy atom. The lowest BCUT2D eigenvalue weighted by molar-refractivity contribution is -0.215. The number of alkyl halides is 6. The highest BCUT2D eigenvalue weighted by atomic mass is 19.4. The van der Waals surface area contributed by atoms with Gasteiger partial charge in [0.15, 0.2) is 0 Å². The monoisotopic (exact) mass is 1570 g/mol. The van der Waals surface area contributed by atoms with E-state index in [4.69, 9.17) is 9.47 Å². The van der Waals surface area contributed by atoms with Crippen molar-refractivity contribution in [2.75, 3.05) is 96.3 Å². The summed E-state index contributed by atoms with van der Waals surface area (Å²) in [6, 6.07) is -10.9. The molecular formula is C78H124F6N12O14. The van der Waals surface area contributed by atoms with Crippen molar-refractivity contribution in [3.63, 3.8) is 0 Å². The smallest absolute Gasteiger partial charge is 0.381 e. The predicted molar refractivity (Wildman–Crippen MR) is 396 cm³/mol. The fraction of sp³-hybridized carbons (Fsp3) is 0.821. The standard InChI is InChI=1S/C78H124F6N12O14/c1-17-46(5)64-72(106)90(11)43-63(99)91(12)55-24-22-21-23-35-95(71(55)105)59(37-48-27-31-51(32-28-48)77(79,80)81)70(104)89(10)42-61(97)85-54(34-30-49-29-33-53(78(82,83)84)60(38-49)109-16)68(102)96-41-52(110-20-4)39-57(96)67(101)87-76(44-75(6,7)45-76)74(108)94(15)65(50(18-2)19-3)73(107)93(14)58(69(103)88(8)9)40-62(98)92(13)56(66(100)86-64)36-47-25-26-47/h21-22,46-60,64-65H,17-20,23-45H2,1-16H3,(H,85,97)(H,86,100)(H,87,101)/b22-21-/t46-,48?,49?,51?,52+,53?,54-,55-,56-,57-,58-,59-,60?,64-,65-/m0/s1. The van der Waals surface area contributed by atoms with Crippen molar-refractivity contribution in [1.29, 1.82) is 0 Å². The van der Waals surface area contributed by atoms with Crippen LogP contribution in [0.5, 0.6) is 0 Å². The first-order valence-electron chi connectivity index (χ1n) is 39.7. The van der Waals surface area contributed by atoms with E-state index < -0.39 is 210 Å². The molecule has 1 spiro atoms. The van der Waals surface area contributed by atoms with Crippen LogP contribution in [0.1, 0.15) is 190 Å². The first-order chi connectivity index (χ1) is 51.5. The van der Waals surface area contributed by atoms with E-state index in [1.54, 1.807) is 32.9 Å². The van der Waals surface area contributed by atoms with Crippen molar-refractivity contribution < 1.29 is 93.4 Å². The molecule has 4 saturated carbocycles. The van der Waals surface area contributed by atoms with E-state index in [1.807, 2.05) is 27.7 Å². The van der Waals surface area contributed by atoms with Gasteiger partial charge in [-0.05, 0) is 138 Å². The first-order valence-corrected chi connectivity index (χ1v) is 39.7. The van der Waals surface area contributed by atoms with Crippen molar-refractivity contribution in [3.05, 3.63) is 12.2 Å². The normalized spacial score (nSPS) is 31.2. The van der Waals surface area contributed by atoms with Gasteiger partial charge in [-0.15, -0.1) is 0 Å². The Morgan fingerprint density at radius 2 is 1.23 bits per heavy atom. The van der Waals surface area contributed by atoms with E-state index in [0.717, 1.165) is 32.4 Å². The zero-order valence-electron chi connectivity index (χ0n) is 67.6. The number of carbonyl (C=O) groups is 12. The summed E-state index contributed by atoms with van der Waals surface area (Å²) in [6.45, 7) is 11.1. The van der Waals surface area contributed by atoms with Gasteiger partial charge in [0.25, 0.3) is 0 Å². The molecule has 32 heteroatoms. The van der Waals surface area contributed by atoms with Gasteiger partial charge in [0.2, 0.25) is 70.9 Å². The molecule has 6 fully saturated rings. The lowest BCUT2D eigenvalue weighted by Crippen LogP contribution is -2.71. The Hall–Kier alpha value is -7.12. The minimum Gasteiger partial charge on any atom is -0.381 e. The lowest BCUT2D eigenvalue weighted by atomic mass is 9.58. The average Bonchev–Trinajstić information content (AvgIpc) is 1.59. The minimum absolute atomic E-state index is 0.0128. The molecule has 7 aliphatic rings. The third kappa shape index (κ3) is 22.0. The molecular weight excluding hydrogens is 1440 g/mol. The van der Waals surface area contributed by atoms with Crippen LogP contribution in [0.3, 0.4) is 0 Å². The molecule has 2 saturated heterocycles. The van der Waals surface area contributed by atoms with Crippen molar-refractivity contribution in [2.24, 2.45) is 46.8 Å². The summed E-state index contributed by atoms with van der Waals surface area (Å²) in [5.74, 6) is -14.3. The van der Waals surface area contributed by atoms with E-state index in [-0.39, 0.29) is 128 Å². The number of nitrogens with one attached hydrogen (secondary N) is 3. The molecule has 4 aliphatic carbocycles. The number of nitrogens with zero attached hydrogens (tertiary/aromatic N) is 9. The number of halogens is 6. The van der Waals surface area contributed by atoms with Gasteiger partial charge in [0.1, 0.15) is 53.9 Å². The Morgan fingerprint density at radius 3 is 1.78 bits per heavy atom. The van der Waals surface area contributed by atoms with Crippen molar-refractivity contribution >= 4 is 70.9 Å². The van der Waals surface area contributed by atoms with Gasteiger partial charge in [0.05, 0.1) is 43.6 Å². The van der Waals surface area contributed by atoms with E-state index in [9.17, 15) is 50.3 Å². The van der Waals surface area contributed by atoms with E-state index in [2.05, 4.69) is 16.0 Å². The number of ether oxygens (including phenoxy) is 2. The van der Waals surface area contributed by atoms with E-state index in [0.29, 0.717) is 19.3 Å². The highest BCUT2D eigenvalue weighted by Crippen LogP contribution is 2.50. The van der Waals surface area contributed by atoms with E-state index in [1.165, 1.54) is 88.0 Å². The highest BCUT2D eigenvalue weighted by Gasteiger charge is 2.60. The molecule has 13 atom stereocenters. The second kappa shape index (κ2) is 38.1. The largest absolute Gasteiger partial charge is 0.394 e. The van der Waals surface area contributed by atoms with Gasteiger partial charge in [-0.1, -0.05) is 85.8 Å². The number of hydrogen-bond acceptors (Lipinski definition) is 14. The van der Waals surface area contributed by atoms with E-state index >= 15 is 33.6 Å². The Kier molecular flexibility index (Phi) is 31.2. The second-order valence-electron chi connectivity index (χ2n) is 33.6. The molecule has 3 heterocycles. The Balaban J connectivity index is 1.34. The molecule has 26 nitrogen and oxygen atoms in total. The van der Waals surface area contributed by atoms with Crippen LogP contribution >= 0.6 is 0 Å². The van der Waals surface area contributed by atoms with Crippen LogP contribution in [0.15, 0.2) is 12.2 Å². The highest BCUT2D eigenvalue weighted by molar-refractivity contribution is 6.01. The molecule has 0 radical (unpaired) electrons. The molecule has 0 aromatic heterocycles. The SMILES string of the molecule is CCO[C@@H]1C[C@H]2C(=O)NC3(CC(C)(C)C3)C(=O)N(C)[C@@H](C(CC)CC)C(=O)N(C)[C@H](C(=O)N(C)C)CC(=O)N(C)[C@@H](CC3CC3)C(=O)N[C@@H]([C@@H](C)CC)C(=O)N(C)CC(=O)N(C)[C@H]3C/C=C\CCN(C3=O)[C@@H](CC3CCC(C(F)(F)F)CC3)C(=O)N(C)CC(=O)N[C@@H](CCC3CCC(C(F)(F)F)C(OC)C3)C(=O)N2C1. The maximum atomic E-state index is 15.8. The molecule has 110 heavy (non-hydrogen) atoms. The topological polar surface area (TPSA) is 289 Å². The van der Waals surface area contributed by atoms with Gasteiger partial charge in [-0.2, -0.15) is 26.3 Å². The van der Waals surface area contributed by atoms with Crippen LogP contribution in [0, 0.1) is 46.8 Å². The Bertz CT molecular complexity index is 3300. The average molecular weight is 1570 g/mol. The third-order valence-electron chi connectivity index (χ3n) is 24.8. The summed E-state index contributed by atoms with van der Waals surface area (Å²) < 4.78 is 97.1. The summed E-state index contributed by atoms with van der Waals surface area (Å²) in [7, 11) is 12.3. The number of amides is 12. The van der Waals surface area contributed by atoms with Crippen molar-refractivity contribution in [3.8, 4) is 0 Å². The Labute approximate surface area is 645 Å². The van der Waals surface area contributed by atoms with Gasteiger partial charge < -0.3 is 69.5 Å². The first kappa shape index (κ1) is 90.1. The second-order valence-corrected chi connectivity index (χ2v) is 33.6. The third-order valence-corrected chi connectivity index (χ3v) is 24.8. The summed E-state index contributed by atoms with van der Waals surface area (Å²) in [4.78, 5) is 193. The molecule has 7 rings (SSSR count). The molecule has 0 aromatic rings. The lowest BCUT2D eigenvalue weighted by Gasteiger charge is -2.54. The molecule has 0 aromatic carbocycles. The number of carbonyl (C=O) groups excluding carboxylic acids is 12. The molecule has 3 N–H and O–H groups in total. The molecule has 3 aliphatic heterocycles. The van der Waals surface area contributed by atoms with Crippen LogP contribution in [0.25, 0.3) is 0 Å². The summed E-state index contributed by atoms with van der Waals surface area (Å²) in [6.07, 6.45) is -6.36. The molecule has 3 unspecified atom stereocenters. The molecule has 622 valence electrons. The number of hydrogen-bond donors (Lipinski definition) is 3. The molecule has 2 bridgehead atoms. The summed E-state index contributed by atoms with van der Waals surface area (Å²) in [5, 5.41) is 8.73. The van der Waals surface area contributed by atoms with Crippen molar-refractivity contribution in [2.45, 2.75) is 268 Å². The zero-order chi connectivity index (χ0) is 82.0. The van der Waals surface area contributed by atoms with Crippen LogP contribution < -0.4 is 16.0 Å². The van der Waals surface area contributed by atoms with Crippen LogP contribution in [0.2, 0.25) is 0 Å². The maximum Gasteiger partial charge on any atom is 0.394 e. The number of likely N-dealkylation sites (N-methyl/N-ethyl adjacent to an activating group) is 7.